The minimum absolute atomic E-state index is 0.0466. The molecule has 0 aliphatic carbocycles. The van der Waals surface area contributed by atoms with E-state index in [0.717, 1.165) is 37.1 Å². The Morgan fingerprint density at radius 1 is 0.809 bits per heavy atom. The second-order valence-electron chi connectivity index (χ2n) is 9.82. The molecule has 2 rings (SSSR count). The number of ether oxygens (including phenoxy) is 8. The average Bonchev–Trinajstić information content (AvgIpc) is 3.08. The van der Waals surface area contributed by atoms with Crippen LogP contribution >= 0.6 is 11.6 Å². The molecular formula is C32H47ClN5O9+. The predicted octanol–water partition coefficient (Wildman–Crippen LogP) is 3.69. The molecule has 0 spiro atoms. The van der Waals surface area contributed by atoms with E-state index < -0.39 is 6.16 Å². The number of carbonyl (C=O) groups is 1. The number of hydrogen-bond donors (Lipinski definition) is 1. The fraction of sp³-hybridized carbons (Fsp3) is 0.562. The molecule has 1 aromatic heterocycles. The molecule has 15 heteroatoms. The van der Waals surface area contributed by atoms with Crippen LogP contribution in [0.3, 0.4) is 0 Å². The Bertz CT molecular complexity index is 1170. The largest absolute Gasteiger partial charge is 0.513 e. The second kappa shape index (κ2) is 26.4. The van der Waals surface area contributed by atoms with E-state index in [1.54, 1.807) is 59.4 Å². The van der Waals surface area contributed by atoms with Crippen molar-refractivity contribution < 1.29 is 47.3 Å². The van der Waals surface area contributed by atoms with E-state index in [-0.39, 0.29) is 25.9 Å². The van der Waals surface area contributed by atoms with E-state index >= 15 is 0 Å². The number of anilines is 1. The number of guanidine groups is 1. The van der Waals surface area contributed by atoms with Gasteiger partial charge in [-0.25, -0.2) is 4.79 Å². The van der Waals surface area contributed by atoms with Crippen LogP contribution in [0.5, 0.6) is 5.75 Å². The van der Waals surface area contributed by atoms with Crippen molar-refractivity contribution in [3.8, 4) is 11.9 Å². The molecule has 0 aliphatic heterocycles. The molecule has 2 N–H and O–H groups in total. The van der Waals surface area contributed by atoms with E-state index in [0.29, 0.717) is 71.0 Å². The van der Waals surface area contributed by atoms with Crippen LogP contribution in [-0.2, 0) is 39.9 Å². The summed E-state index contributed by atoms with van der Waals surface area (Å²) in [5.41, 5.74) is 6.82. The Hall–Kier alpha value is -3.71. The van der Waals surface area contributed by atoms with Crippen LogP contribution in [0.4, 0.5) is 10.5 Å². The first-order valence-corrected chi connectivity index (χ1v) is 15.9. The quantitative estimate of drug-likeness (QED) is 0.0384. The van der Waals surface area contributed by atoms with Gasteiger partial charge in [0.25, 0.3) is 6.73 Å². The summed E-state index contributed by atoms with van der Waals surface area (Å²) in [5.74, 6) is 0.900. The predicted molar refractivity (Wildman–Crippen MR) is 174 cm³/mol. The number of aliphatic imine (C=N–C) groups is 1. The third kappa shape index (κ3) is 19.5. The summed E-state index contributed by atoms with van der Waals surface area (Å²) in [6, 6.07) is 10.9. The molecule has 0 saturated heterocycles. The number of methoxy groups -OCH3 is 1. The van der Waals surface area contributed by atoms with E-state index in [4.69, 9.17) is 60.5 Å². The Morgan fingerprint density at radius 3 is 1.98 bits per heavy atom. The average molecular weight is 681 g/mol. The maximum atomic E-state index is 11.9. The highest BCUT2D eigenvalue weighted by molar-refractivity contribution is 6.30. The number of nitrogens with zero attached hydrogens (tertiary/aromatic N) is 4. The van der Waals surface area contributed by atoms with Gasteiger partial charge >= 0.3 is 6.16 Å². The highest BCUT2D eigenvalue weighted by atomic mass is 35.5. The molecule has 0 unspecified atom stereocenters. The van der Waals surface area contributed by atoms with Gasteiger partial charge in [0.05, 0.1) is 71.8 Å². The minimum atomic E-state index is -0.810. The fourth-order valence-electron chi connectivity index (χ4n) is 3.91. The van der Waals surface area contributed by atoms with Gasteiger partial charge in [0.1, 0.15) is 12.4 Å². The molecule has 1 heterocycles. The number of rotatable bonds is 26. The standard InChI is InChI=1S/C32H47ClN5O9/c1-40-16-17-41-18-19-42-20-21-43-22-23-44-24-25-46-32(39)47-27-37-13-10-29(11-14-37)38(31(35)36-26-34)12-4-2-3-5-15-45-30-8-6-28(33)7-9-30/h6-11,13-14H,2-5,12,15-25,27H2,1H3,(H2,35,36)/q+1. The molecular weight excluding hydrogens is 634 g/mol. The van der Waals surface area contributed by atoms with Crippen molar-refractivity contribution in [3.63, 3.8) is 0 Å². The molecule has 260 valence electrons. The van der Waals surface area contributed by atoms with Crippen molar-refractivity contribution in [3.05, 3.63) is 53.8 Å². The molecule has 0 aliphatic rings. The van der Waals surface area contributed by atoms with Crippen LogP contribution in [0, 0.1) is 11.5 Å². The van der Waals surface area contributed by atoms with Gasteiger partial charge in [-0.2, -0.15) is 9.83 Å². The van der Waals surface area contributed by atoms with Crippen LogP contribution in [0.25, 0.3) is 0 Å². The summed E-state index contributed by atoms with van der Waals surface area (Å²) in [6.07, 6.45) is 8.06. The maximum Gasteiger partial charge on any atom is 0.513 e. The van der Waals surface area contributed by atoms with Crippen LogP contribution in [0.2, 0.25) is 5.02 Å². The number of nitrogens with two attached hydrogens (primary N) is 1. The molecule has 14 nitrogen and oxygen atoms in total. The van der Waals surface area contributed by atoms with Crippen molar-refractivity contribution in [1.82, 2.24) is 0 Å². The molecule has 0 atom stereocenters. The molecule has 0 bridgehead atoms. The van der Waals surface area contributed by atoms with Gasteiger partial charge in [0, 0.05) is 30.8 Å². The lowest BCUT2D eigenvalue weighted by Crippen LogP contribution is -2.40. The highest BCUT2D eigenvalue weighted by Crippen LogP contribution is 2.17. The summed E-state index contributed by atoms with van der Waals surface area (Å²) in [6.45, 7) is 5.22. The number of hydrogen-bond acceptors (Lipinski definition) is 11. The number of aromatic nitrogens is 1. The van der Waals surface area contributed by atoms with Gasteiger partial charge in [0.15, 0.2) is 12.4 Å². The van der Waals surface area contributed by atoms with Crippen molar-refractivity contribution in [2.45, 2.75) is 32.4 Å². The van der Waals surface area contributed by atoms with Crippen LogP contribution in [0.15, 0.2) is 53.8 Å². The molecule has 0 fully saturated rings. The molecule has 1 aromatic carbocycles. The number of pyridine rings is 1. The first-order chi connectivity index (χ1) is 23.0. The van der Waals surface area contributed by atoms with Crippen LogP contribution in [0.1, 0.15) is 25.7 Å². The van der Waals surface area contributed by atoms with Gasteiger partial charge in [0.2, 0.25) is 12.2 Å². The molecule has 0 radical (unpaired) electrons. The Morgan fingerprint density at radius 2 is 1.38 bits per heavy atom. The maximum absolute atomic E-state index is 11.9. The van der Waals surface area contributed by atoms with E-state index in [2.05, 4.69) is 4.99 Å². The van der Waals surface area contributed by atoms with E-state index in [9.17, 15) is 4.79 Å². The minimum Gasteiger partial charge on any atom is -0.494 e. The number of halogens is 1. The second-order valence-corrected chi connectivity index (χ2v) is 10.3. The number of carbonyl (C=O) groups excluding carboxylic acids is 1. The molecule has 0 saturated carbocycles. The zero-order chi connectivity index (χ0) is 33.8. The monoisotopic (exact) mass is 680 g/mol. The Labute approximate surface area is 281 Å². The SMILES string of the molecule is COCCOCCOCCOCCOCCOC(=O)OC[n+]1ccc(N(CCCCCCOc2ccc(Cl)cc2)C(N)=NC#N)cc1. The van der Waals surface area contributed by atoms with Crippen molar-refractivity contribution in [2.24, 2.45) is 10.7 Å². The highest BCUT2D eigenvalue weighted by Gasteiger charge is 2.14. The molecule has 47 heavy (non-hydrogen) atoms. The normalized spacial score (nSPS) is 11.2. The first-order valence-electron chi connectivity index (χ1n) is 15.5. The summed E-state index contributed by atoms with van der Waals surface area (Å²) >= 11 is 5.90. The number of unbranched alkanes of at least 4 members (excludes halogenated alkanes) is 3. The van der Waals surface area contributed by atoms with Crippen molar-refractivity contribution >= 4 is 29.4 Å². The molecule has 2 aromatic rings. The summed E-state index contributed by atoms with van der Waals surface area (Å²) in [5, 5.41) is 9.68. The van der Waals surface area contributed by atoms with Gasteiger partial charge in [-0.15, -0.1) is 4.99 Å². The zero-order valence-electron chi connectivity index (χ0n) is 27.1. The van der Waals surface area contributed by atoms with Gasteiger partial charge in [-0.3, -0.25) is 0 Å². The van der Waals surface area contributed by atoms with Crippen LogP contribution < -0.4 is 19.9 Å². The van der Waals surface area contributed by atoms with Crippen LogP contribution in [-0.4, -0.2) is 98.4 Å². The number of benzene rings is 1. The van der Waals surface area contributed by atoms with Crippen molar-refractivity contribution in [1.29, 1.82) is 5.26 Å². The van der Waals surface area contributed by atoms with Gasteiger partial charge < -0.3 is 48.5 Å². The topological polar surface area (TPSA) is 160 Å². The third-order valence-electron chi connectivity index (χ3n) is 6.31. The lowest BCUT2D eigenvalue weighted by molar-refractivity contribution is -0.727. The lowest BCUT2D eigenvalue weighted by atomic mass is 10.2. The lowest BCUT2D eigenvalue weighted by Gasteiger charge is -2.22. The Balaban J connectivity index is 1.55. The Kier molecular flexibility index (Phi) is 22.1. The van der Waals surface area contributed by atoms with E-state index in [1.165, 1.54) is 0 Å². The fourth-order valence-corrected chi connectivity index (χ4v) is 4.03. The smallest absolute Gasteiger partial charge is 0.494 e. The van der Waals surface area contributed by atoms with Crippen molar-refractivity contribution in [2.75, 3.05) is 91.2 Å². The first kappa shape index (κ1) is 39.5. The summed E-state index contributed by atoms with van der Waals surface area (Å²) in [7, 11) is 1.63. The molecule has 0 amide bonds. The summed E-state index contributed by atoms with van der Waals surface area (Å²) in [4.78, 5) is 17.4. The summed E-state index contributed by atoms with van der Waals surface area (Å²) < 4.78 is 43.9. The van der Waals surface area contributed by atoms with Gasteiger partial charge in [-0.05, 0) is 37.1 Å². The number of nitriles is 1. The van der Waals surface area contributed by atoms with Gasteiger partial charge in [-0.1, -0.05) is 24.4 Å². The van der Waals surface area contributed by atoms with E-state index in [1.807, 2.05) is 12.1 Å². The third-order valence-corrected chi connectivity index (χ3v) is 6.56. The zero-order valence-corrected chi connectivity index (χ0v) is 27.8.